The van der Waals surface area contributed by atoms with Crippen LogP contribution in [0.4, 0.5) is 4.39 Å². The second-order valence-electron chi connectivity index (χ2n) is 5.48. The van der Waals surface area contributed by atoms with E-state index in [-0.39, 0.29) is 22.5 Å². The summed E-state index contributed by atoms with van der Waals surface area (Å²) in [5.74, 6) is -0.784. The minimum Gasteiger partial charge on any atom is -0.326 e. The van der Waals surface area contributed by atoms with Gasteiger partial charge < -0.3 is 4.57 Å². The Morgan fingerprint density at radius 1 is 1.28 bits per heavy atom. The van der Waals surface area contributed by atoms with E-state index in [0.717, 1.165) is 4.52 Å². The molecule has 3 aromatic rings. The molecule has 0 unspecified atom stereocenters. The second kappa shape index (κ2) is 6.23. The van der Waals surface area contributed by atoms with Gasteiger partial charge in [0.25, 0.3) is 5.56 Å². The van der Waals surface area contributed by atoms with Crippen LogP contribution in [-0.4, -0.2) is 33.3 Å². The van der Waals surface area contributed by atoms with E-state index in [2.05, 4.69) is 10.1 Å². The number of rotatable bonds is 4. The molecule has 0 fully saturated rings. The molecule has 0 spiro atoms. The summed E-state index contributed by atoms with van der Waals surface area (Å²) in [7, 11) is -3.57. The third-order valence-electron chi connectivity index (χ3n) is 3.80. The molecule has 0 aromatic carbocycles. The van der Waals surface area contributed by atoms with Crippen LogP contribution in [0, 0.1) is 12.7 Å². The molecule has 0 atom stereocenters. The molecule has 0 saturated heterocycles. The first-order valence-electron chi connectivity index (χ1n) is 7.36. The van der Waals surface area contributed by atoms with Crippen LogP contribution in [-0.2, 0) is 16.4 Å². The van der Waals surface area contributed by atoms with Gasteiger partial charge >= 0.3 is 0 Å². The van der Waals surface area contributed by atoms with E-state index in [1.54, 1.807) is 11.5 Å². The van der Waals surface area contributed by atoms with Crippen molar-refractivity contribution in [2.75, 3.05) is 5.75 Å². The molecule has 132 valence electrons. The quantitative estimate of drug-likeness (QED) is 0.640. The zero-order chi connectivity index (χ0) is 18.4. The molecule has 0 aliphatic rings. The van der Waals surface area contributed by atoms with Gasteiger partial charge in [0.1, 0.15) is 5.65 Å². The molecule has 0 radical (unpaired) electrons. The first kappa shape index (κ1) is 17.6. The van der Waals surface area contributed by atoms with Crippen LogP contribution in [0.5, 0.6) is 0 Å². The molecule has 0 saturated carbocycles. The maximum absolute atomic E-state index is 13.6. The van der Waals surface area contributed by atoms with Gasteiger partial charge in [-0.1, -0.05) is 18.5 Å². The number of halogens is 2. The lowest BCUT2D eigenvalue weighted by Crippen LogP contribution is -2.20. The first-order chi connectivity index (χ1) is 11.7. The highest BCUT2D eigenvalue weighted by Crippen LogP contribution is 2.17. The van der Waals surface area contributed by atoms with E-state index >= 15 is 0 Å². The van der Waals surface area contributed by atoms with Crippen molar-refractivity contribution in [1.29, 1.82) is 0 Å². The number of aryl methyl sites for hydroxylation is 1. The lowest BCUT2D eigenvalue weighted by molar-refractivity contribution is 0.591. The van der Waals surface area contributed by atoms with Crippen LogP contribution in [0.25, 0.3) is 5.65 Å². The van der Waals surface area contributed by atoms with Crippen molar-refractivity contribution >= 4 is 27.1 Å². The van der Waals surface area contributed by atoms with Gasteiger partial charge in [-0.3, -0.25) is 4.79 Å². The van der Waals surface area contributed by atoms with Crippen molar-refractivity contribution in [3.8, 4) is 0 Å². The van der Waals surface area contributed by atoms with E-state index in [0.29, 0.717) is 16.9 Å². The van der Waals surface area contributed by atoms with E-state index < -0.39 is 21.2 Å². The Labute approximate surface area is 147 Å². The number of sulfone groups is 1. The summed E-state index contributed by atoms with van der Waals surface area (Å²) in [4.78, 5) is 15.9. The zero-order valence-corrected chi connectivity index (χ0v) is 15.0. The molecular formula is C15H14ClFN4O3S. The highest BCUT2D eigenvalue weighted by atomic mass is 35.5. The van der Waals surface area contributed by atoms with Gasteiger partial charge in [0, 0.05) is 24.0 Å². The van der Waals surface area contributed by atoms with Gasteiger partial charge in [0.05, 0.1) is 12.3 Å². The SMILES string of the molecule is CCS(=O)(=O)c1cc2n(Cc3cnc(Cl)c(F)c3)c(C)cc(=O)n2n1. The number of nitrogens with zero attached hydrogens (tertiary/aromatic N) is 4. The van der Waals surface area contributed by atoms with E-state index in [1.807, 2.05) is 0 Å². The number of hydrogen-bond donors (Lipinski definition) is 0. The Morgan fingerprint density at radius 2 is 2.00 bits per heavy atom. The summed E-state index contributed by atoms with van der Waals surface area (Å²) in [6.45, 7) is 3.37. The monoisotopic (exact) mass is 384 g/mol. The Kier molecular flexibility index (Phi) is 4.38. The van der Waals surface area contributed by atoms with Gasteiger partial charge in [0.2, 0.25) is 0 Å². The number of hydrogen-bond acceptors (Lipinski definition) is 5. The highest BCUT2D eigenvalue weighted by Gasteiger charge is 2.19. The molecule has 0 aliphatic carbocycles. The lowest BCUT2D eigenvalue weighted by Gasteiger charge is -2.12. The fourth-order valence-corrected chi connectivity index (χ4v) is 3.33. The summed E-state index contributed by atoms with van der Waals surface area (Å²) in [6, 6.07) is 3.92. The fourth-order valence-electron chi connectivity index (χ4n) is 2.44. The Morgan fingerprint density at radius 3 is 2.64 bits per heavy atom. The standard InChI is InChI=1S/C15H14ClFN4O3S/c1-3-25(23,24)12-6-13-20(9(2)4-14(22)21(13)19-12)8-10-5-11(17)15(16)18-7-10/h4-7H,3,8H2,1-2H3. The fraction of sp³-hybridized carbons (Fsp3) is 0.267. The second-order valence-corrected chi connectivity index (χ2v) is 8.07. The van der Waals surface area contributed by atoms with Crippen molar-refractivity contribution in [1.82, 2.24) is 19.2 Å². The van der Waals surface area contributed by atoms with Crippen LogP contribution in [0.2, 0.25) is 5.15 Å². The normalized spacial score (nSPS) is 12.0. The molecule has 7 nitrogen and oxygen atoms in total. The van der Waals surface area contributed by atoms with Crippen LogP contribution in [0.1, 0.15) is 18.2 Å². The summed E-state index contributed by atoms with van der Waals surface area (Å²) in [5.41, 5.74) is 0.943. The van der Waals surface area contributed by atoms with Crippen molar-refractivity contribution in [2.24, 2.45) is 0 Å². The average Bonchev–Trinajstić information content (AvgIpc) is 3.01. The minimum atomic E-state index is -3.57. The van der Waals surface area contributed by atoms with Crippen molar-refractivity contribution in [2.45, 2.75) is 25.4 Å². The molecule has 0 N–H and O–H groups in total. The van der Waals surface area contributed by atoms with Crippen LogP contribution >= 0.6 is 11.6 Å². The molecule has 10 heteroatoms. The summed E-state index contributed by atoms with van der Waals surface area (Å²) in [5, 5.41) is 3.51. The van der Waals surface area contributed by atoms with Crippen LogP contribution < -0.4 is 5.56 Å². The average molecular weight is 385 g/mol. The van der Waals surface area contributed by atoms with Gasteiger partial charge in [-0.2, -0.15) is 9.61 Å². The first-order valence-corrected chi connectivity index (χ1v) is 9.39. The third kappa shape index (κ3) is 3.16. The topological polar surface area (TPSA) is 86.3 Å². The molecule has 3 rings (SSSR count). The van der Waals surface area contributed by atoms with E-state index in [1.165, 1.54) is 31.3 Å². The molecule has 3 heterocycles. The third-order valence-corrected chi connectivity index (χ3v) is 5.68. The predicted octanol–water partition coefficient (Wildman–Crippen LogP) is 1.83. The number of fused-ring (bicyclic) bond motifs is 1. The van der Waals surface area contributed by atoms with E-state index in [9.17, 15) is 17.6 Å². The maximum atomic E-state index is 13.6. The van der Waals surface area contributed by atoms with Crippen LogP contribution in [0.15, 0.2) is 34.2 Å². The zero-order valence-electron chi connectivity index (χ0n) is 13.4. The minimum absolute atomic E-state index is 0.129. The maximum Gasteiger partial charge on any atom is 0.274 e. The van der Waals surface area contributed by atoms with Crippen LogP contribution in [0.3, 0.4) is 0 Å². The molecular weight excluding hydrogens is 371 g/mol. The molecule has 3 aromatic heterocycles. The summed E-state index contributed by atoms with van der Waals surface area (Å²) in [6.07, 6.45) is 1.42. The number of pyridine rings is 1. The predicted molar refractivity (Wildman–Crippen MR) is 90.2 cm³/mol. The Hall–Kier alpha value is -2.26. The van der Waals surface area contributed by atoms with Gasteiger partial charge in [-0.05, 0) is 18.6 Å². The summed E-state index contributed by atoms with van der Waals surface area (Å²) < 4.78 is 40.4. The smallest absolute Gasteiger partial charge is 0.274 e. The van der Waals surface area contributed by atoms with Crippen molar-refractivity contribution in [3.63, 3.8) is 0 Å². The van der Waals surface area contributed by atoms with Crippen molar-refractivity contribution in [3.05, 3.63) is 57.0 Å². The van der Waals surface area contributed by atoms with Gasteiger partial charge in [0.15, 0.2) is 25.8 Å². The number of aromatic nitrogens is 4. The Bertz CT molecular complexity index is 1140. The van der Waals surface area contributed by atoms with Gasteiger partial charge in [-0.25, -0.2) is 17.8 Å². The van der Waals surface area contributed by atoms with E-state index in [4.69, 9.17) is 11.6 Å². The molecule has 0 aliphatic heterocycles. The largest absolute Gasteiger partial charge is 0.326 e. The Balaban J connectivity index is 2.20. The van der Waals surface area contributed by atoms with Gasteiger partial charge in [-0.15, -0.1) is 0 Å². The molecule has 25 heavy (non-hydrogen) atoms. The van der Waals surface area contributed by atoms with Crippen molar-refractivity contribution < 1.29 is 12.8 Å². The lowest BCUT2D eigenvalue weighted by atomic mass is 10.2. The highest BCUT2D eigenvalue weighted by molar-refractivity contribution is 7.91. The molecule has 0 bridgehead atoms. The molecule has 0 amide bonds. The summed E-state index contributed by atoms with van der Waals surface area (Å²) >= 11 is 5.59.